The first-order valence-corrected chi connectivity index (χ1v) is 4.15. The maximum atomic E-state index is 12.0. The Kier molecular flexibility index (Phi) is 4.40. The summed E-state index contributed by atoms with van der Waals surface area (Å²) in [7, 11) is 1.39. The Morgan fingerprint density at radius 1 is 1.29 bits per heavy atom. The van der Waals surface area contributed by atoms with E-state index in [2.05, 4.69) is 0 Å². The first-order valence-electron chi connectivity index (χ1n) is 4.15. The molecule has 0 N–H and O–H groups in total. The number of hydrogen-bond donors (Lipinski definition) is 0. The fourth-order valence-electron chi connectivity index (χ4n) is 0.725. The lowest BCUT2D eigenvalue weighted by Crippen LogP contribution is -2.18. The van der Waals surface area contributed by atoms with Crippen LogP contribution in [0.15, 0.2) is 23.1 Å². The van der Waals surface area contributed by atoms with Gasteiger partial charge in [0.25, 0.3) is 5.56 Å². The largest absolute Gasteiger partial charge is 0.416 e. The number of nitrogens with zero attached hydrogens (tertiary/aromatic N) is 1. The lowest BCUT2D eigenvalue weighted by molar-refractivity contribution is -0.137. The highest BCUT2D eigenvalue weighted by molar-refractivity contribution is 5.14. The molecule has 0 spiro atoms. The molecule has 0 bridgehead atoms. The molecule has 0 saturated carbocycles. The first-order chi connectivity index (χ1) is 6.41. The van der Waals surface area contributed by atoms with Gasteiger partial charge in [-0.25, -0.2) is 0 Å². The topological polar surface area (TPSA) is 22.0 Å². The van der Waals surface area contributed by atoms with Crippen LogP contribution >= 0.6 is 0 Å². The standard InChI is InChI=1S/C7H6F3NO.C2H6/c1-11-3-2-5(4-6(11)12)7(8,9)10;1-2/h2-4H,1H3;1-2H3. The van der Waals surface area contributed by atoms with Gasteiger partial charge in [0.15, 0.2) is 0 Å². The summed E-state index contributed by atoms with van der Waals surface area (Å²) in [6.45, 7) is 4.00. The molecule has 1 heterocycles. The highest BCUT2D eigenvalue weighted by Crippen LogP contribution is 2.27. The van der Waals surface area contributed by atoms with E-state index in [0.717, 1.165) is 16.8 Å². The lowest BCUT2D eigenvalue weighted by atomic mass is 10.2. The van der Waals surface area contributed by atoms with Gasteiger partial charge in [-0.15, -0.1) is 0 Å². The van der Waals surface area contributed by atoms with Gasteiger partial charge in [0.1, 0.15) is 0 Å². The highest BCUT2D eigenvalue weighted by Gasteiger charge is 2.30. The van der Waals surface area contributed by atoms with Crippen molar-refractivity contribution in [2.45, 2.75) is 20.0 Å². The van der Waals surface area contributed by atoms with Crippen LogP contribution in [0.25, 0.3) is 0 Å². The molecule has 80 valence electrons. The Bertz CT molecular complexity index is 341. The zero-order valence-electron chi connectivity index (χ0n) is 8.22. The van der Waals surface area contributed by atoms with Crippen LogP contribution in [0, 0.1) is 0 Å². The van der Waals surface area contributed by atoms with Crippen molar-refractivity contribution in [1.82, 2.24) is 4.57 Å². The average molecular weight is 207 g/mol. The van der Waals surface area contributed by atoms with E-state index in [1.54, 1.807) is 0 Å². The van der Waals surface area contributed by atoms with Crippen molar-refractivity contribution in [3.8, 4) is 0 Å². The summed E-state index contributed by atoms with van der Waals surface area (Å²) in [5, 5.41) is 0. The first kappa shape index (κ1) is 12.7. The van der Waals surface area contributed by atoms with Crippen LogP contribution in [0.1, 0.15) is 19.4 Å². The minimum atomic E-state index is -4.44. The molecule has 1 aromatic rings. The maximum absolute atomic E-state index is 12.0. The zero-order chi connectivity index (χ0) is 11.4. The molecule has 1 aromatic heterocycles. The number of aromatic nitrogens is 1. The molecular weight excluding hydrogens is 195 g/mol. The summed E-state index contributed by atoms with van der Waals surface area (Å²) in [5.41, 5.74) is -1.57. The summed E-state index contributed by atoms with van der Waals surface area (Å²) in [5.74, 6) is 0. The molecular formula is C9H12F3NO. The molecule has 0 unspecified atom stereocenters. The fraction of sp³-hybridized carbons (Fsp3) is 0.444. The molecule has 0 radical (unpaired) electrons. The Labute approximate surface area is 80.0 Å². The summed E-state index contributed by atoms with van der Waals surface area (Å²) in [6.07, 6.45) is -3.35. The fourth-order valence-corrected chi connectivity index (χ4v) is 0.725. The minimum Gasteiger partial charge on any atom is -0.319 e. The highest BCUT2D eigenvalue weighted by atomic mass is 19.4. The Morgan fingerprint density at radius 3 is 2.14 bits per heavy atom. The zero-order valence-corrected chi connectivity index (χ0v) is 8.22. The molecule has 0 fully saturated rings. The third-order valence-corrected chi connectivity index (χ3v) is 1.43. The van der Waals surface area contributed by atoms with Crippen LogP contribution in [0.5, 0.6) is 0 Å². The van der Waals surface area contributed by atoms with Gasteiger partial charge in [0.05, 0.1) is 5.56 Å². The minimum absolute atomic E-state index is 0.569. The Balaban J connectivity index is 0.000000791. The van der Waals surface area contributed by atoms with Gasteiger partial charge in [0, 0.05) is 19.3 Å². The summed E-state index contributed by atoms with van der Waals surface area (Å²) in [6, 6.07) is 1.43. The van der Waals surface area contributed by atoms with Gasteiger partial charge in [-0.2, -0.15) is 13.2 Å². The average Bonchev–Trinajstić information content (AvgIpc) is 2.11. The number of alkyl halides is 3. The van der Waals surface area contributed by atoms with Crippen molar-refractivity contribution >= 4 is 0 Å². The van der Waals surface area contributed by atoms with Crippen molar-refractivity contribution in [2.24, 2.45) is 7.05 Å². The van der Waals surface area contributed by atoms with E-state index in [4.69, 9.17) is 0 Å². The summed E-state index contributed by atoms with van der Waals surface area (Å²) in [4.78, 5) is 10.7. The molecule has 0 atom stereocenters. The molecule has 0 aliphatic heterocycles. The second kappa shape index (κ2) is 4.83. The molecule has 14 heavy (non-hydrogen) atoms. The third kappa shape index (κ3) is 3.24. The molecule has 0 amide bonds. The van der Waals surface area contributed by atoms with Gasteiger partial charge < -0.3 is 4.57 Å². The van der Waals surface area contributed by atoms with Crippen molar-refractivity contribution < 1.29 is 13.2 Å². The van der Waals surface area contributed by atoms with E-state index in [-0.39, 0.29) is 0 Å². The second-order valence-electron chi connectivity index (χ2n) is 2.36. The number of halogens is 3. The molecule has 5 heteroatoms. The van der Waals surface area contributed by atoms with E-state index in [9.17, 15) is 18.0 Å². The number of rotatable bonds is 0. The van der Waals surface area contributed by atoms with E-state index in [1.165, 1.54) is 7.05 Å². The van der Waals surface area contributed by atoms with E-state index in [1.807, 2.05) is 13.8 Å². The predicted octanol–water partition coefficient (Wildman–Crippen LogP) is 2.43. The molecule has 0 saturated heterocycles. The van der Waals surface area contributed by atoms with E-state index < -0.39 is 17.3 Å². The molecule has 0 aromatic carbocycles. The van der Waals surface area contributed by atoms with Crippen molar-refractivity contribution in [3.05, 3.63) is 34.2 Å². The quantitative estimate of drug-likeness (QED) is 0.640. The smallest absolute Gasteiger partial charge is 0.319 e. The van der Waals surface area contributed by atoms with Crippen LogP contribution in [0.4, 0.5) is 13.2 Å². The van der Waals surface area contributed by atoms with Crippen molar-refractivity contribution in [2.75, 3.05) is 0 Å². The molecule has 0 aliphatic carbocycles. The summed E-state index contributed by atoms with van der Waals surface area (Å²) >= 11 is 0. The van der Waals surface area contributed by atoms with E-state index >= 15 is 0 Å². The lowest BCUT2D eigenvalue weighted by Gasteiger charge is -2.05. The third-order valence-electron chi connectivity index (χ3n) is 1.43. The number of aryl methyl sites for hydroxylation is 1. The van der Waals surface area contributed by atoms with Crippen molar-refractivity contribution in [3.63, 3.8) is 0 Å². The second-order valence-corrected chi connectivity index (χ2v) is 2.36. The van der Waals surface area contributed by atoms with Gasteiger partial charge in [-0.05, 0) is 6.07 Å². The van der Waals surface area contributed by atoms with Crippen LogP contribution < -0.4 is 5.56 Å². The molecule has 0 aliphatic rings. The van der Waals surface area contributed by atoms with Crippen LogP contribution in [-0.4, -0.2) is 4.57 Å². The van der Waals surface area contributed by atoms with Gasteiger partial charge >= 0.3 is 6.18 Å². The SMILES string of the molecule is CC.Cn1ccc(C(F)(F)F)cc1=O. The van der Waals surface area contributed by atoms with Gasteiger partial charge in [0.2, 0.25) is 0 Å². The summed E-state index contributed by atoms with van der Waals surface area (Å²) < 4.78 is 36.9. The molecule has 1 rings (SSSR count). The van der Waals surface area contributed by atoms with Crippen LogP contribution in [0.3, 0.4) is 0 Å². The van der Waals surface area contributed by atoms with Gasteiger partial charge in [-0.3, -0.25) is 4.79 Å². The Hall–Kier alpha value is -1.26. The number of pyridine rings is 1. The van der Waals surface area contributed by atoms with Crippen LogP contribution in [-0.2, 0) is 13.2 Å². The van der Waals surface area contributed by atoms with E-state index in [0.29, 0.717) is 6.07 Å². The van der Waals surface area contributed by atoms with Crippen molar-refractivity contribution in [1.29, 1.82) is 0 Å². The van der Waals surface area contributed by atoms with Gasteiger partial charge in [-0.1, -0.05) is 13.8 Å². The number of hydrogen-bond acceptors (Lipinski definition) is 1. The maximum Gasteiger partial charge on any atom is 0.416 e. The predicted molar refractivity (Wildman–Crippen MR) is 48.0 cm³/mol. The normalized spacial score (nSPS) is 10.4. The Morgan fingerprint density at radius 2 is 1.79 bits per heavy atom. The molecule has 2 nitrogen and oxygen atoms in total. The van der Waals surface area contributed by atoms with Crippen LogP contribution in [0.2, 0.25) is 0 Å². The monoisotopic (exact) mass is 207 g/mol.